The predicted molar refractivity (Wildman–Crippen MR) is 55.6 cm³/mol. The van der Waals surface area contributed by atoms with E-state index in [1.54, 1.807) is 6.07 Å². The second kappa shape index (κ2) is 2.95. The van der Waals surface area contributed by atoms with Crippen molar-refractivity contribution in [2.24, 2.45) is 0 Å². The molecule has 1 fully saturated rings. The van der Waals surface area contributed by atoms with E-state index in [4.69, 9.17) is 5.26 Å². The van der Waals surface area contributed by atoms with Crippen LogP contribution >= 0.6 is 22.6 Å². The highest BCUT2D eigenvalue weighted by atomic mass is 127. The van der Waals surface area contributed by atoms with Crippen LogP contribution in [0, 0.1) is 20.7 Å². The molecular weight excluding hydrogens is 280 g/mol. The summed E-state index contributed by atoms with van der Waals surface area (Å²) in [5.74, 6) is -0.234. The highest BCUT2D eigenvalue weighted by Crippen LogP contribution is 2.48. The van der Waals surface area contributed by atoms with Crippen molar-refractivity contribution in [1.82, 2.24) is 0 Å². The first-order valence-electron chi connectivity index (χ1n) is 4.05. The molecule has 0 radical (unpaired) electrons. The van der Waals surface area contributed by atoms with Gasteiger partial charge >= 0.3 is 0 Å². The topological polar surface area (TPSA) is 23.8 Å². The summed E-state index contributed by atoms with van der Waals surface area (Å²) in [6, 6.07) is 6.94. The van der Waals surface area contributed by atoms with Crippen LogP contribution in [0.5, 0.6) is 0 Å². The molecule has 0 aromatic heterocycles. The monoisotopic (exact) mass is 287 g/mol. The van der Waals surface area contributed by atoms with Crippen LogP contribution in [0.4, 0.5) is 4.39 Å². The lowest BCUT2D eigenvalue weighted by atomic mass is 9.98. The molecule has 1 nitrogen and oxygen atoms in total. The van der Waals surface area contributed by atoms with Crippen LogP contribution in [0.1, 0.15) is 18.4 Å². The van der Waals surface area contributed by atoms with Crippen molar-refractivity contribution in [3.63, 3.8) is 0 Å². The van der Waals surface area contributed by atoms with Gasteiger partial charge in [0.15, 0.2) is 0 Å². The van der Waals surface area contributed by atoms with E-state index in [0.717, 1.165) is 22.0 Å². The lowest BCUT2D eigenvalue weighted by molar-refractivity contribution is 0.625. The number of nitrogens with zero attached hydrogens (tertiary/aromatic N) is 1. The van der Waals surface area contributed by atoms with Gasteiger partial charge in [-0.25, -0.2) is 4.39 Å². The Hall–Kier alpha value is -0.630. The molecule has 1 saturated carbocycles. The fourth-order valence-electron chi connectivity index (χ4n) is 1.44. The van der Waals surface area contributed by atoms with Gasteiger partial charge in [-0.3, -0.25) is 0 Å². The first-order valence-corrected chi connectivity index (χ1v) is 5.13. The molecule has 3 heteroatoms. The maximum Gasteiger partial charge on any atom is 0.124 e. The van der Waals surface area contributed by atoms with Crippen molar-refractivity contribution >= 4 is 22.6 Å². The van der Waals surface area contributed by atoms with E-state index >= 15 is 0 Å². The molecule has 0 N–H and O–H groups in total. The molecular formula is C10H7FIN. The molecule has 1 aromatic rings. The van der Waals surface area contributed by atoms with E-state index in [0.29, 0.717) is 0 Å². The van der Waals surface area contributed by atoms with Gasteiger partial charge in [0.25, 0.3) is 0 Å². The first kappa shape index (κ1) is 8.95. The standard InChI is InChI=1S/C10H7FIN/c11-7-1-2-8(9(12)5-7)10(6-13)3-4-10/h1-2,5H,3-4H2. The average molecular weight is 287 g/mol. The second-order valence-electron chi connectivity index (χ2n) is 3.32. The van der Waals surface area contributed by atoms with Crippen LogP contribution in [-0.2, 0) is 5.41 Å². The van der Waals surface area contributed by atoms with Crippen LogP contribution < -0.4 is 0 Å². The summed E-state index contributed by atoms with van der Waals surface area (Å²) in [6.07, 6.45) is 1.82. The third-order valence-electron chi connectivity index (χ3n) is 2.41. The van der Waals surface area contributed by atoms with Gasteiger partial charge in [-0.1, -0.05) is 6.07 Å². The van der Waals surface area contributed by atoms with E-state index in [-0.39, 0.29) is 11.2 Å². The van der Waals surface area contributed by atoms with Gasteiger partial charge < -0.3 is 0 Å². The van der Waals surface area contributed by atoms with Crippen molar-refractivity contribution < 1.29 is 4.39 Å². The number of rotatable bonds is 1. The highest BCUT2D eigenvalue weighted by molar-refractivity contribution is 14.1. The Bertz CT molecular complexity index is 390. The van der Waals surface area contributed by atoms with E-state index in [9.17, 15) is 4.39 Å². The Labute approximate surface area is 89.7 Å². The molecule has 0 heterocycles. The van der Waals surface area contributed by atoms with Crippen molar-refractivity contribution in [2.75, 3.05) is 0 Å². The lowest BCUT2D eigenvalue weighted by Gasteiger charge is -2.08. The summed E-state index contributed by atoms with van der Waals surface area (Å²) in [7, 11) is 0. The van der Waals surface area contributed by atoms with Crippen LogP contribution in [0.3, 0.4) is 0 Å². The minimum atomic E-state index is -0.301. The SMILES string of the molecule is N#CC1(c2ccc(F)cc2I)CC1. The fourth-order valence-corrected chi connectivity index (χ4v) is 2.44. The molecule has 0 bridgehead atoms. The average Bonchev–Trinajstić information content (AvgIpc) is 2.85. The minimum absolute atomic E-state index is 0.234. The normalized spacial score (nSPS) is 17.9. The third kappa shape index (κ3) is 1.44. The summed E-state index contributed by atoms with van der Waals surface area (Å²) in [5, 5.41) is 8.96. The van der Waals surface area contributed by atoms with Gasteiger partial charge in [0, 0.05) is 3.57 Å². The smallest absolute Gasteiger partial charge is 0.124 e. The highest BCUT2D eigenvalue weighted by Gasteiger charge is 2.45. The summed E-state index contributed by atoms with van der Waals surface area (Å²) >= 11 is 2.08. The number of nitriles is 1. The van der Waals surface area contributed by atoms with E-state index in [1.807, 2.05) is 0 Å². The molecule has 0 saturated heterocycles. The zero-order valence-corrected chi connectivity index (χ0v) is 9.01. The Morgan fingerprint density at radius 1 is 1.46 bits per heavy atom. The van der Waals surface area contributed by atoms with Crippen molar-refractivity contribution in [1.29, 1.82) is 5.26 Å². The van der Waals surface area contributed by atoms with E-state index in [1.165, 1.54) is 12.1 Å². The Morgan fingerprint density at radius 2 is 2.15 bits per heavy atom. The molecule has 1 aliphatic carbocycles. The molecule has 1 aliphatic rings. The van der Waals surface area contributed by atoms with Gasteiger partial charge in [-0.2, -0.15) is 5.26 Å². The number of benzene rings is 1. The zero-order valence-electron chi connectivity index (χ0n) is 6.85. The van der Waals surface area contributed by atoms with E-state index < -0.39 is 0 Å². The van der Waals surface area contributed by atoms with Crippen LogP contribution in [0.15, 0.2) is 18.2 Å². The Morgan fingerprint density at radius 3 is 2.62 bits per heavy atom. The van der Waals surface area contributed by atoms with Crippen molar-refractivity contribution in [3.05, 3.63) is 33.1 Å². The molecule has 13 heavy (non-hydrogen) atoms. The van der Waals surface area contributed by atoms with Crippen LogP contribution in [0.2, 0.25) is 0 Å². The van der Waals surface area contributed by atoms with Crippen LogP contribution in [0.25, 0.3) is 0 Å². The first-order chi connectivity index (χ1) is 6.18. The van der Waals surface area contributed by atoms with Gasteiger partial charge in [-0.15, -0.1) is 0 Å². The summed E-state index contributed by atoms with van der Waals surface area (Å²) in [6.45, 7) is 0. The van der Waals surface area contributed by atoms with Gasteiger partial charge in [0.1, 0.15) is 5.82 Å². The number of halogens is 2. The molecule has 2 rings (SSSR count). The number of hydrogen-bond donors (Lipinski definition) is 0. The van der Waals surface area contributed by atoms with E-state index in [2.05, 4.69) is 28.7 Å². The van der Waals surface area contributed by atoms with Gasteiger partial charge in [0.05, 0.1) is 11.5 Å². The molecule has 0 amide bonds. The predicted octanol–water partition coefficient (Wildman–Crippen LogP) is 2.99. The maximum atomic E-state index is 12.8. The minimum Gasteiger partial charge on any atom is -0.207 e. The molecule has 0 aliphatic heterocycles. The molecule has 66 valence electrons. The molecule has 0 atom stereocenters. The summed E-state index contributed by atoms with van der Waals surface area (Å²) in [4.78, 5) is 0. The summed E-state index contributed by atoms with van der Waals surface area (Å²) < 4.78 is 13.6. The Kier molecular flexibility index (Phi) is 2.03. The largest absolute Gasteiger partial charge is 0.207 e. The molecule has 1 aromatic carbocycles. The van der Waals surface area contributed by atoms with Crippen molar-refractivity contribution in [2.45, 2.75) is 18.3 Å². The van der Waals surface area contributed by atoms with Crippen molar-refractivity contribution in [3.8, 4) is 6.07 Å². The van der Waals surface area contributed by atoms with Crippen LogP contribution in [-0.4, -0.2) is 0 Å². The quantitative estimate of drug-likeness (QED) is 0.728. The second-order valence-corrected chi connectivity index (χ2v) is 4.48. The third-order valence-corrected chi connectivity index (χ3v) is 3.30. The fraction of sp³-hybridized carbons (Fsp3) is 0.300. The molecule has 0 unspecified atom stereocenters. The Balaban J connectivity index is 2.48. The number of hydrogen-bond acceptors (Lipinski definition) is 1. The van der Waals surface area contributed by atoms with Gasteiger partial charge in [-0.05, 0) is 53.1 Å². The summed E-state index contributed by atoms with van der Waals surface area (Å²) in [5.41, 5.74) is 0.682. The zero-order chi connectivity index (χ0) is 9.47. The molecule has 0 spiro atoms. The van der Waals surface area contributed by atoms with Gasteiger partial charge in [0.2, 0.25) is 0 Å². The lowest BCUT2D eigenvalue weighted by Crippen LogP contribution is -2.05. The maximum absolute atomic E-state index is 12.8.